The summed E-state index contributed by atoms with van der Waals surface area (Å²) in [7, 11) is 0. The fourth-order valence-corrected chi connectivity index (χ4v) is 3.33. The highest BCUT2D eigenvalue weighted by Crippen LogP contribution is 2.39. The van der Waals surface area contributed by atoms with Crippen molar-refractivity contribution in [3.8, 4) is 6.07 Å². The largest absolute Gasteiger partial charge is 0.374 e. The molecule has 1 aliphatic carbocycles. The van der Waals surface area contributed by atoms with Crippen molar-refractivity contribution in [3.05, 3.63) is 35.4 Å². The average molecular weight is 257 g/mol. The molecule has 0 N–H and O–H groups in total. The van der Waals surface area contributed by atoms with Crippen LogP contribution in [0.4, 0.5) is 0 Å². The lowest BCUT2D eigenvalue weighted by atomic mass is 9.71. The van der Waals surface area contributed by atoms with E-state index in [-0.39, 0.29) is 0 Å². The number of hydrogen-bond acceptors (Lipinski definition) is 2. The quantitative estimate of drug-likeness (QED) is 0.809. The Morgan fingerprint density at radius 3 is 2.84 bits per heavy atom. The Morgan fingerprint density at radius 1 is 1.37 bits per heavy atom. The first kappa shape index (κ1) is 14.1. The number of benzene rings is 1. The molecule has 1 aromatic carbocycles. The van der Waals surface area contributed by atoms with E-state index >= 15 is 0 Å². The number of rotatable bonds is 3. The van der Waals surface area contributed by atoms with Crippen LogP contribution in [0.5, 0.6) is 0 Å². The maximum Gasteiger partial charge on any atom is 0.0991 e. The van der Waals surface area contributed by atoms with E-state index in [2.05, 4.69) is 26.8 Å². The maximum absolute atomic E-state index is 8.89. The Kier molecular flexibility index (Phi) is 4.27. The van der Waals surface area contributed by atoms with Gasteiger partial charge < -0.3 is 4.74 Å². The van der Waals surface area contributed by atoms with Crippen LogP contribution in [0, 0.1) is 22.7 Å². The normalized spacial score (nSPS) is 25.8. The molecule has 0 aliphatic heterocycles. The van der Waals surface area contributed by atoms with Gasteiger partial charge in [0.2, 0.25) is 0 Å². The van der Waals surface area contributed by atoms with E-state index in [1.165, 1.54) is 6.42 Å². The minimum Gasteiger partial charge on any atom is -0.374 e. The number of nitrogens with zero attached hydrogens (tertiary/aromatic N) is 1. The van der Waals surface area contributed by atoms with Crippen LogP contribution in [0.3, 0.4) is 0 Å². The third-order valence-corrected chi connectivity index (χ3v) is 3.89. The molecule has 1 fully saturated rings. The van der Waals surface area contributed by atoms with Crippen LogP contribution in [0.2, 0.25) is 0 Å². The zero-order chi connectivity index (χ0) is 13.9. The van der Waals surface area contributed by atoms with E-state index in [0.717, 1.165) is 24.3 Å². The highest BCUT2D eigenvalue weighted by Gasteiger charge is 2.32. The molecular weight excluding hydrogens is 234 g/mol. The average Bonchev–Trinajstić information content (AvgIpc) is 2.34. The van der Waals surface area contributed by atoms with E-state index in [1.54, 1.807) is 0 Å². The van der Waals surface area contributed by atoms with Gasteiger partial charge in [-0.1, -0.05) is 32.9 Å². The summed E-state index contributed by atoms with van der Waals surface area (Å²) in [6, 6.07) is 9.86. The zero-order valence-electron chi connectivity index (χ0n) is 12.1. The fraction of sp³-hybridized carbons (Fsp3) is 0.588. The smallest absolute Gasteiger partial charge is 0.0991 e. The van der Waals surface area contributed by atoms with Crippen molar-refractivity contribution in [2.75, 3.05) is 0 Å². The molecule has 2 heteroatoms. The highest BCUT2D eigenvalue weighted by molar-refractivity contribution is 5.32. The van der Waals surface area contributed by atoms with E-state index in [0.29, 0.717) is 23.7 Å². The van der Waals surface area contributed by atoms with Gasteiger partial charge in [-0.2, -0.15) is 5.26 Å². The lowest BCUT2D eigenvalue weighted by Gasteiger charge is -2.38. The van der Waals surface area contributed by atoms with Gasteiger partial charge in [0, 0.05) is 0 Å². The Morgan fingerprint density at radius 2 is 2.16 bits per heavy atom. The molecule has 0 heterocycles. The summed E-state index contributed by atoms with van der Waals surface area (Å²) >= 11 is 0. The maximum atomic E-state index is 8.89. The van der Waals surface area contributed by atoms with Crippen molar-refractivity contribution in [1.29, 1.82) is 5.26 Å². The number of nitriles is 1. The number of ether oxygens (including phenoxy) is 1. The van der Waals surface area contributed by atoms with Crippen LogP contribution in [0.15, 0.2) is 24.3 Å². The van der Waals surface area contributed by atoms with Crippen LogP contribution in [-0.4, -0.2) is 6.10 Å². The predicted molar refractivity (Wildman–Crippen MR) is 76.5 cm³/mol. The van der Waals surface area contributed by atoms with Crippen LogP contribution >= 0.6 is 0 Å². The minimum atomic E-state index is 0.351. The van der Waals surface area contributed by atoms with E-state index in [4.69, 9.17) is 10.00 Å². The van der Waals surface area contributed by atoms with Crippen LogP contribution in [-0.2, 0) is 11.3 Å². The highest BCUT2D eigenvalue weighted by atomic mass is 16.5. The summed E-state index contributed by atoms with van der Waals surface area (Å²) in [5.41, 5.74) is 2.19. The molecule has 0 aromatic heterocycles. The molecule has 2 nitrogen and oxygen atoms in total. The van der Waals surface area contributed by atoms with Crippen molar-refractivity contribution in [3.63, 3.8) is 0 Å². The van der Waals surface area contributed by atoms with Crippen LogP contribution in [0.1, 0.15) is 51.2 Å². The first-order chi connectivity index (χ1) is 8.98. The topological polar surface area (TPSA) is 33.0 Å². The SMILES string of the molecule is CC1CC(OCc2cccc(C#N)c2)CC(C)(C)C1. The summed E-state index contributed by atoms with van der Waals surface area (Å²) in [6.07, 6.45) is 3.93. The van der Waals surface area contributed by atoms with Gasteiger partial charge in [0.25, 0.3) is 0 Å². The third kappa shape index (κ3) is 4.08. The molecule has 0 amide bonds. The van der Waals surface area contributed by atoms with Crippen molar-refractivity contribution in [2.24, 2.45) is 11.3 Å². The minimum absolute atomic E-state index is 0.351. The van der Waals surface area contributed by atoms with Gasteiger partial charge in [0.1, 0.15) is 0 Å². The fourth-order valence-electron chi connectivity index (χ4n) is 3.33. The van der Waals surface area contributed by atoms with Crippen molar-refractivity contribution in [1.82, 2.24) is 0 Å². The molecule has 0 radical (unpaired) electrons. The van der Waals surface area contributed by atoms with E-state index in [9.17, 15) is 0 Å². The van der Waals surface area contributed by atoms with Gasteiger partial charge in [0.15, 0.2) is 0 Å². The Balaban J connectivity index is 1.93. The standard InChI is InChI=1S/C17H23NO/c1-13-7-16(10-17(2,3)9-13)19-12-15-6-4-5-14(8-15)11-18/h4-6,8,13,16H,7,9-10,12H2,1-3H3. The molecule has 2 rings (SSSR count). The van der Waals surface area contributed by atoms with Crippen molar-refractivity contribution < 1.29 is 4.74 Å². The van der Waals surface area contributed by atoms with E-state index < -0.39 is 0 Å². The Hall–Kier alpha value is -1.33. The van der Waals surface area contributed by atoms with E-state index in [1.807, 2.05) is 24.3 Å². The molecule has 0 spiro atoms. The Bertz CT molecular complexity index is 472. The summed E-state index contributed by atoms with van der Waals surface area (Å²) < 4.78 is 6.07. The van der Waals surface area contributed by atoms with Gasteiger partial charge in [-0.3, -0.25) is 0 Å². The summed E-state index contributed by atoms with van der Waals surface area (Å²) in [5, 5.41) is 8.89. The zero-order valence-corrected chi connectivity index (χ0v) is 12.1. The molecule has 19 heavy (non-hydrogen) atoms. The van der Waals surface area contributed by atoms with Gasteiger partial charge in [-0.25, -0.2) is 0 Å². The predicted octanol–water partition coefficient (Wildman–Crippen LogP) is 4.29. The first-order valence-corrected chi connectivity index (χ1v) is 7.09. The molecule has 0 bridgehead atoms. The third-order valence-electron chi connectivity index (χ3n) is 3.89. The molecular formula is C17H23NO. The summed E-state index contributed by atoms with van der Waals surface area (Å²) in [5.74, 6) is 0.735. The van der Waals surface area contributed by atoms with Gasteiger partial charge in [0.05, 0.1) is 24.3 Å². The lowest BCUT2D eigenvalue weighted by molar-refractivity contribution is -0.0316. The first-order valence-electron chi connectivity index (χ1n) is 7.09. The molecule has 1 aromatic rings. The Labute approximate surface area is 116 Å². The lowest BCUT2D eigenvalue weighted by Crippen LogP contribution is -2.32. The summed E-state index contributed by atoms with van der Waals surface area (Å²) in [6.45, 7) is 7.58. The monoisotopic (exact) mass is 257 g/mol. The van der Waals surface area contributed by atoms with Crippen molar-refractivity contribution >= 4 is 0 Å². The second kappa shape index (κ2) is 5.75. The van der Waals surface area contributed by atoms with Gasteiger partial charge in [-0.05, 0) is 48.3 Å². The van der Waals surface area contributed by atoms with Gasteiger partial charge in [-0.15, -0.1) is 0 Å². The molecule has 0 saturated heterocycles. The van der Waals surface area contributed by atoms with Crippen LogP contribution in [0.25, 0.3) is 0 Å². The summed E-state index contributed by atoms with van der Waals surface area (Å²) in [4.78, 5) is 0. The second-order valence-electron chi connectivity index (χ2n) is 6.66. The molecule has 1 aliphatic rings. The molecule has 102 valence electrons. The molecule has 1 saturated carbocycles. The van der Waals surface area contributed by atoms with Crippen LogP contribution < -0.4 is 0 Å². The van der Waals surface area contributed by atoms with Gasteiger partial charge >= 0.3 is 0 Å². The number of hydrogen-bond donors (Lipinski definition) is 0. The van der Waals surface area contributed by atoms with Crippen molar-refractivity contribution in [2.45, 2.75) is 52.7 Å². The molecule has 2 unspecified atom stereocenters. The molecule has 2 atom stereocenters. The second-order valence-corrected chi connectivity index (χ2v) is 6.66.